The molecule has 7 heteroatoms. The number of nitrogen functional groups attached to an aromatic ring is 1. The fourth-order valence-electron chi connectivity index (χ4n) is 2.50. The number of rotatable bonds is 2. The second-order valence-electron chi connectivity index (χ2n) is 4.97. The van der Waals surface area contributed by atoms with Crippen molar-refractivity contribution in [3.63, 3.8) is 0 Å². The fraction of sp³-hybridized carbons (Fsp3) is 0.538. The molecule has 1 aromatic carbocycles. The van der Waals surface area contributed by atoms with E-state index in [2.05, 4.69) is 5.32 Å². The predicted molar refractivity (Wildman–Crippen MR) is 76.4 cm³/mol. The lowest BCUT2D eigenvalue weighted by molar-refractivity contribution is -0.175. The average molecular weight is 308 g/mol. The summed E-state index contributed by atoms with van der Waals surface area (Å²) in [7, 11) is 1.71. The molecule has 0 aliphatic carbocycles. The molecule has 0 aromatic heterocycles. The summed E-state index contributed by atoms with van der Waals surface area (Å²) in [6.45, 7) is 0.510. The van der Waals surface area contributed by atoms with E-state index in [1.807, 2.05) is 0 Å². The van der Waals surface area contributed by atoms with E-state index >= 15 is 0 Å². The van der Waals surface area contributed by atoms with Gasteiger partial charge in [0.25, 0.3) is 0 Å². The summed E-state index contributed by atoms with van der Waals surface area (Å²) in [6, 6.07) is 3.27. The number of nitrogens with two attached hydrogens (primary N) is 1. The molecule has 3 nitrogen and oxygen atoms in total. The molecule has 1 aliphatic rings. The number of hydrogen-bond donors (Lipinski definition) is 2. The zero-order valence-electron chi connectivity index (χ0n) is 11.1. The van der Waals surface area contributed by atoms with Gasteiger partial charge in [-0.15, -0.1) is 0 Å². The van der Waals surface area contributed by atoms with E-state index in [0.717, 1.165) is 0 Å². The highest BCUT2D eigenvalue weighted by Gasteiger charge is 2.42. The first-order chi connectivity index (χ1) is 9.32. The summed E-state index contributed by atoms with van der Waals surface area (Å²) in [4.78, 5) is 1.68. The van der Waals surface area contributed by atoms with Gasteiger partial charge in [0.15, 0.2) is 0 Å². The molecule has 3 N–H and O–H groups in total. The van der Waals surface area contributed by atoms with E-state index in [4.69, 9.17) is 17.3 Å². The average Bonchev–Trinajstić information content (AvgIpc) is 2.38. The molecule has 1 atom stereocenters. The van der Waals surface area contributed by atoms with Crippen molar-refractivity contribution in [1.29, 1.82) is 0 Å². The van der Waals surface area contributed by atoms with Gasteiger partial charge in [-0.2, -0.15) is 13.2 Å². The molecular weight excluding hydrogens is 291 g/mol. The lowest BCUT2D eigenvalue weighted by Gasteiger charge is -2.36. The summed E-state index contributed by atoms with van der Waals surface area (Å²) in [5.74, 6) is -1.30. The molecule has 1 heterocycles. The van der Waals surface area contributed by atoms with Gasteiger partial charge in [-0.1, -0.05) is 11.6 Å². The highest BCUT2D eigenvalue weighted by atomic mass is 35.5. The Balaban J connectivity index is 2.27. The van der Waals surface area contributed by atoms with Crippen molar-refractivity contribution in [2.24, 2.45) is 5.92 Å². The van der Waals surface area contributed by atoms with Crippen LogP contribution in [0.1, 0.15) is 12.8 Å². The van der Waals surface area contributed by atoms with E-state index in [-0.39, 0.29) is 13.0 Å². The standard InChI is InChI=1S/C13H17ClF3N3/c1-19-11-6-12(9(14)5-10(11)18)20-4-2-3-8(7-20)13(15,16)17/h5-6,8,19H,2-4,7,18H2,1H3/t8-/m0/s1. The Morgan fingerprint density at radius 3 is 2.70 bits per heavy atom. The minimum atomic E-state index is -4.16. The van der Waals surface area contributed by atoms with Crippen LogP contribution in [0.25, 0.3) is 0 Å². The van der Waals surface area contributed by atoms with Gasteiger partial charge in [0, 0.05) is 20.1 Å². The van der Waals surface area contributed by atoms with Crippen LogP contribution in [0.4, 0.5) is 30.2 Å². The molecule has 0 saturated carbocycles. The first-order valence-corrected chi connectivity index (χ1v) is 6.79. The van der Waals surface area contributed by atoms with Gasteiger partial charge in [-0.05, 0) is 25.0 Å². The van der Waals surface area contributed by atoms with Crippen LogP contribution < -0.4 is 16.0 Å². The Kier molecular flexibility index (Phi) is 4.22. The first-order valence-electron chi connectivity index (χ1n) is 6.41. The lowest BCUT2D eigenvalue weighted by Crippen LogP contribution is -2.41. The van der Waals surface area contributed by atoms with Crippen molar-refractivity contribution >= 4 is 28.7 Å². The van der Waals surface area contributed by atoms with E-state index in [1.54, 1.807) is 24.1 Å². The third kappa shape index (κ3) is 3.06. The molecule has 1 aliphatic heterocycles. The summed E-state index contributed by atoms with van der Waals surface area (Å²) >= 11 is 6.12. The van der Waals surface area contributed by atoms with Crippen LogP contribution in [0.2, 0.25) is 5.02 Å². The normalized spacial score (nSPS) is 20.1. The van der Waals surface area contributed by atoms with E-state index < -0.39 is 12.1 Å². The van der Waals surface area contributed by atoms with Crippen molar-refractivity contribution in [3.05, 3.63) is 17.2 Å². The first kappa shape index (κ1) is 15.1. The van der Waals surface area contributed by atoms with Crippen LogP contribution in [-0.2, 0) is 0 Å². The quantitative estimate of drug-likeness (QED) is 0.818. The van der Waals surface area contributed by atoms with Crippen molar-refractivity contribution in [3.8, 4) is 0 Å². The molecule has 1 fully saturated rings. The van der Waals surface area contributed by atoms with Crippen LogP contribution in [-0.4, -0.2) is 26.3 Å². The number of anilines is 3. The number of alkyl halides is 3. The minimum Gasteiger partial charge on any atom is -0.397 e. The number of nitrogens with one attached hydrogen (secondary N) is 1. The van der Waals surface area contributed by atoms with Gasteiger partial charge in [-0.3, -0.25) is 0 Å². The zero-order chi connectivity index (χ0) is 14.9. The van der Waals surface area contributed by atoms with Crippen molar-refractivity contribution in [1.82, 2.24) is 0 Å². The molecular formula is C13H17ClF3N3. The van der Waals surface area contributed by atoms with E-state index in [0.29, 0.717) is 35.1 Å². The van der Waals surface area contributed by atoms with Crippen molar-refractivity contribution in [2.45, 2.75) is 19.0 Å². The Hall–Kier alpha value is -1.30. The highest BCUT2D eigenvalue weighted by Crippen LogP contribution is 2.39. The third-order valence-electron chi connectivity index (χ3n) is 3.61. The molecule has 20 heavy (non-hydrogen) atoms. The molecule has 1 aromatic rings. The van der Waals surface area contributed by atoms with Crippen LogP contribution in [0.5, 0.6) is 0 Å². The van der Waals surface area contributed by atoms with Crippen LogP contribution in [0.3, 0.4) is 0 Å². The van der Waals surface area contributed by atoms with Gasteiger partial charge >= 0.3 is 6.18 Å². The maximum absolute atomic E-state index is 12.8. The number of piperidine rings is 1. The maximum atomic E-state index is 12.8. The molecule has 0 amide bonds. The summed E-state index contributed by atoms with van der Waals surface area (Å²) in [5, 5.41) is 3.29. The second-order valence-corrected chi connectivity index (χ2v) is 5.37. The number of benzene rings is 1. The van der Waals surface area contributed by atoms with Gasteiger partial charge in [0.1, 0.15) is 0 Å². The summed E-state index contributed by atoms with van der Waals surface area (Å²) < 4.78 is 38.5. The SMILES string of the molecule is CNc1cc(N2CCC[C@H](C(F)(F)F)C2)c(Cl)cc1N. The van der Waals surface area contributed by atoms with Gasteiger partial charge in [0.2, 0.25) is 0 Å². The Labute approximate surface area is 120 Å². The van der Waals surface area contributed by atoms with Gasteiger partial charge in [0.05, 0.1) is 28.0 Å². The van der Waals surface area contributed by atoms with Crippen LogP contribution in [0.15, 0.2) is 12.1 Å². The molecule has 0 unspecified atom stereocenters. The second kappa shape index (κ2) is 5.60. The zero-order valence-corrected chi connectivity index (χ0v) is 11.9. The highest BCUT2D eigenvalue weighted by molar-refractivity contribution is 6.33. The van der Waals surface area contributed by atoms with Crippen LogP contribution in [0, 0.1) is 5.92 Å². The van der Waals surface area contributed by atoms with E-state index in [9.17, 15) is 13.2 Å². The molecule has 0 spiro atoms. The Bertz CT molecular complexity index is 490. The van der Waals surface area contributed by atoms with Crippen LogP contribution >= 0.6 is 11.6 Å². The monoisotopic (exact) mass is 307 g/mol. The number of halogens is 4. The summed E-state index contributed by atoms with van der Waals surface area (Å²) in [5.41, 5.74) is 7.52. The predicted octanol–water partition coefficient (Wildman–Crippen LogP) is 3.74. The molecule has 0 radical (unpaired) electrons. The summed E-state index contributed by atoms with van der Waals surface area (Å²) in [6.07, 6.45) is -3.49. The molecule has 1 saturated heterocycles. The molecule has 2 rings (SSSR count). The lowest BCUT2D eigenvalue weighted by atomic mass is 9.97. The van der Waals surface area contributed by atoms with E-state index in [1.165, 1.54) is 0 Å². The van der Waals surface area contributed by atoms with Gasteiger partial charge in [-0.25, -0.2) is 0 Å². The molecule has 112 valence electrons. The van der Waals surface area contributed by atoms with Crippen molar-refractivity contribution < 1.29 is 13.2 Å². The topological polar surface area (TPSA) is 41.3 Å². The fourth-order valence-corrected chi connectivity index (χ4v) is 2.79. The largest absolute Gasteiger partial charge is 0.397 e. The third-order valence-corrected chi connectivity index (χ3v) is 3.92. The Morgan fingerprint density at radius 2 is 2.10 bits per heavy atom. The number of nitrogens with zero attached hydrogens (tertiary/aromatic N) is 1. The van der Waals surface area contributed by atoms with Gasteiger partial charge < -0.3 is 16.0 Å². The molecule has 0 bridgehead atoms. The maximum Gasteiger partial charge on any atom is 0.393 e. The number of hydrogen-bond acceptors (Lipinski definition) is 3. The minimum absolute atomic E-state index is 0.0592. The van der Waals surface area contributed by atoms with Crippen molar-refractivity contribution in [2.75, 3.05) is 36.1 Å². The Morgan fingerprint density at radius 1 is 1.40 bits per heavy atom. The smallest absolute Gasteiger partial charge is 0.393 e.